The number of thioether (sulfide) groups is 1. The van der Waals surface area contributed by atoms with Crippen LogP contribution in [0.2, 0.25) is 0 Å². The first-order valence-corrected chi connectivity index (χ1v) is 10.7. The second-order valence-electron chi connectivity index (χ2n) is 6.57. The van der Waals surface area contributed by atoms with E-state index in [9.17, 15) is 4.79 Å². The number of rotatable bonds is 8. The van der Waals surface area contributed by atoms with E-state index in [4.69, 9.17) is 4.74 Å². The fourth-order valence-corrected chi connectivity index (χ4v) is 3.64. The second kappa shape index (κ2) is 10.4. The lowest BCUT2D eigenvalue weighted by atomic mass is 10.2. The largest absolute Gasteiger partial charge is 0.497 e. The van der Waals surface area contributed by atoms with Gasteiger partial charge in [-0.2, -0.15) is 5.10 Å². The zero-order chi connectivity index (χ0) is 22.2. The maximum absolute atomic E-state index is 12.3. The Morgan fingerprint density at radius 1 is 1.06 bits per heavy atom. The Hall–Kier alpha value is -3.98. The average Bonchev–Trinajstić information content (AvgIpc) is 3.28. The van der Waals surface area contributed by atoms with Crippen LogP contribution in [0.3, 0.4) is 0 Å². The van der Waals surface area contributed by atoms with Crippen molar-refractivity contribution in [1.82, 2.24) is 25.2 Å². The van der Waals surface area contributed by atoms with Gasteiger partial charge >= 0.3 is 0 Å². The van der Waals surface area contributed by atoms with Crippen LogP contribution in [0.5, 0.6) is 5.75 Å². The van der Waals surface area contributed by atoms with Crippen LogP contribution >= 0.6 is 11.8 Å². The number of ether oxygens (including phenoxy) is 1. The third-order valence-corrected chi connectivity index (χ3v) is 5.37. The average molecular weight is 445 g/mol. The first-order valence-electron chi connectivity index (χ1n) is 9.74. The fourth-order valence-electron chi connectivity index (χ4n) is 2.89. The van der Waals surface area contributed by atoms with Gasteiger partial charge in [0.05, 0.1) is 19.1 Å². The van der Waals surface area contributed by atoms with Crippen LogP contribution < -0.4 is 10.2 Å². The number of hydrazone groups is 1. The van der Waals surface area contributed by atoms with Crippen molar-refractivity contribution in [2.24, 2.45) is 5.10 Å². The van der Waals surface area contributed by atoms with E-state index < -0.39 is 0 Å². The highest BCUT2D eigenvalue weighted by molar-refractivity contribution is 7.99. The van der Waals surface area contributed by atoms with Crippen LogP contribution in [0.4, 0.5) is 0 Å². The molecule has 0 saturated heterocycles. The zero-order valence-electron chi connectivity index (χ0n) is 17.3. The van der Waals surface area contributed by atoms with Crippen molar-refractivity contribution in [2.45, 2.75) is 5.16 Å². The minimum absolute atomic E-state index is 0.140. The van der Waals surface area contributed by atoms with E-state index in [1.54, 1.807) is 37.9 Å². The lowest BCUT2D eigenvalue weighted by molar-refractivity contribution is -0.118. The molecule has 4 aromatic rings. The number of methoxy groups -OCH3 is 1. The summed E-state index contributed by atoms with van der Waals surface area (Å²) in [5.41, 5.74) is 5.17. The van der Waals surface area contributed by atoms with Crippen molar-refractivity contribution in [1.29, 1.82) is 0 Å². The molecule has 0 saturated carbocycles. The molecule has 1 amide bonds. The third-order valence-electron chi connectivity index (χ3n) is 4.44. The highest BCUT2D eigenvalue weighted by Gasteiger charge is 2.17. The van der Waals surface area contributed by atoms with Crippen molar-refractivity contribution < 1.29 is 9.53 Å². The van der Waals surface area contributed by atoms with Crippen LogP contribution in [-0.4, -0.2) is 44.7 Å². The minimum Gasteiger partial charge on any atom is -0.497 e. The normalized spacial score (nSPS) is 10.9. The number of carbonyl (C=O) groups excluding carboxylic acids is 1. The number of aromatic nitrogens is 4. The predicted molar refractivity (Wildman–Crippen MR) is 124 cm³/mol. The Bertz CT molecular complexity index is 1190. The number of para-hydroxylation sites is 1. The summed E-state index contributed by atoms with van der Waals surface area (Å²) in [4.78, 5) is 16.2. The third kappa shape index (κ3) is 5.19. The van der Waals surface area contributed by atoms with Crippen molar-refractivity contribution >= 4 is 23.9 Å². The van der Waals surface area contributed by atoms with Crippen molar-refractivity contribution in [2.75, 3.05) is 12.9 Å². The molecule has 2 heterocycles. The van der Waals surface area contributed by atoms with Gasteiger partial charge in [0.15, 0.2) is 11.0 Å². The molecule has 1 N–H and O–H groups in total. The van der Waals surface area contributed by atoms with Gasteiger partial charge in [-0.15, -0.1) is 10.2 Å². The first-order chi connectivity index (χ1) is 15.7. The molecule has 8 nitrogen and oxygen atoms in total. The summed E-state index contributed by atoms with van der Waals surface area (Å²) in [6.07, 6.45) is 4.89. The first kappa shape index (κ1) is 21.3. The molecule has 0 atom stereocenters. The summed E-state index contributed by atoms with van der Waals surface area (Å²) in [6, 6.07) is 21.0. The van der Waals surface area contributed by atoms with Gasteiger partial charge in [-0.05, 0) is 54.1 Å². The zero-order valence-corrected chi connectivity index (χ0v) is 18.1. The Morgan fingerprint density at radius 3 is 2.53 bits per heavy atom. The van der Waals surface area contributed by atoms with Gasteiger partial charge in [0.2, 0.25) is 0 Å². The van der Waals surface area contributed by atoms with Gasteiger partial charge in [0.25, 0.3) is 5.91 Å². The predicted octanol–water partition coefficient (Wildman–Crippen LogP) is 3.58. The molecular formula is C23H20N6O2S. The van der Waals surface area contributed by atoms with Crippen molar-refractivity contribution in [3.05, 3.63) is 84.7 Å². The van der Waals surface area contributed by atoms with Crippen LogP contribution in [0.25, 0.3) is 17.1 Å². The van der Waals surface area contributed by atoms with Gasteiger partial charge in [0.1, 0.15) is 5.75 Å². The van der Waals surface area contributed by atoms with E-state index in [2.05, 4.69) is 25.7 Å². The summed E-state index contributed by atoms with van der Waals surface area (Å²) in [7, 11) is 1.63. The van der Waals surface area contributed by atoms with Crippen LogP contribution in [-0.2, 0) is 4.79 Å². The summed E-state index contributed by atoms with van der Waals surface area (Å²) in [5, 5.41) is 13.3. The van der Waals surface area contributed by atoms with E-state index >= 15 is 0 Å². The summed E-state index contributed by atoms with van der Waals surface area (Å²) < 4.78 is 7.18. The van der Waals surface area contributed by atoms with Gasteiger partial charge in [-0.25, -0.2) is 5.43 Å². The molecule has 0 bridgehead atoms. The molecule has 2 aromatic carbocycles. The van der Waals surface area contributed by atoms with E-state index in [1.165, 1.54) is 11.8 Å². The Labute approximate surface area is 189 Å². The number of nitrogens with zero attached hydrogens (tertiary/aromatic N) is 5. The summed E-state index contributed by atoms with van der Waals surface area (Å²) in [6.45, 7) is 0. The lowest BCUT2D eigenvalue weighted by Crippen LogP contribution is -2.20. The molecule has 32 heavy (non-hydrogen) atoms. The molecule has 0 radical (unpaired) electrons. The number of amides is 1. The molecular weight excluding hydrogens is 424 g/mol. The standard InChI is InChI=1S/C23H20N6O2S/c1-31-20-9-7-18(8-10-20)22-27-28-23(29(22)19-5-3-2-4-6-19)32-16-21(30)26-25-15-17-11-13-24-14-12-17/h2-15H,16H2,1H3,(H,26,30). The molecule has 0 aliphatic rings. The van der Waals surface area contributed by atoms with Crippen molar-refractivity contribution in [3.8, 4) is 22.8 Å². The number of nitrogens with one attached hydrogen (secondary N) is 1. The molecule has 4 rings (SSSR count). The maximum Gasteiger partial charge on any atom is 0.250 e. The fraction of sp³-hybridized carbons (Fsp3) is 0.0870. The molecule has 2 aromatic heterocycles. The summed E-state index contributed by atoms with van der Waals surface area (Å²) in [5.74, 6) is 1.34. The van der Waals surface area contributed by atoms with E-state index in [0.29, 0.717) is 11.0 Å². The smallest absolute Gasteiger partial charge is 0.250 e. The highest BCUT2D eigenvalue weighted by atomic mass is 32.2. The summed E-state index contributed by atoms with van der Waals surface area (Å²) >= 11 is 1.29. The monoisotopic (exact) mass is 444 g/mol. The molecule has 0 unspecified atom stereocenters. The topological polar surface area (TPSA) is 94.3 Å². The van der Waals surface area contributed by atoms with Gasteiger partial charge in [-0.1, -0.05) is 30.0 Å². The Balaban J connectivity index is 1.51. The second-order valence-corrected chi connectivity index (χ2v) is 7.51. The number of benzene rings is 2. The maximum atomic E-state index is 12.3. The SMILES string of the molecule is COc1ccc(-c2nnc(SCC(=O)NN=Cc3ccncc3)n2-c2ccccc2)cc1. The molecule has 0 aliphatic carbocycles. The molecule has 9 heteroatoms. The van der Waals surface area contributed by atoms with Gasteiger partial charge < -0.3 is 4.74 Å². The number of pyridine rings is 1. The minimum atomic E-state index is -0.242. The molecule has 160 valence electrons. The number of carbonyl (C=O) groups is 1. The number of hydrogen-bond donors (Lipinski definition) is 1. The highest BCUT2D eigenvalue weighted by Crippen LogP contribution is 2.28. The van der Waals surface area contributed by atoms with E-state index in [1.807, 2.05) is 59.2 Å². The number of hydrogen-bond acceptors (Lipinski definition) is 7. The van der Waals surface area contributed by atoms with Gasteiger partial charge in [0, 0.05) is 23.6 Å². The Morgan fingerprint density at radius 2 is 1.81 bits per heavy atom. The van der Waals surface area contributed by atoms with Gasteiger partial charge in [-0.3, -0.25) is 14.3 Å². The quantitative estimate of drug-likeness (QED) is 0.254. The van der Waals surface area contributed by atoms with E-state index in [-0.39, 0.29) is 11.7 Å². The van der Waals surface area contributed by atoms with Crippen LogP contribution in [0, 0.1) is 0 Å². The Kier molecular flexibility index (Phi) is 6.88. The lowest BCUT2D eigenvalue weighted by Gasteiger charge is -2.10. The van der Waals surface area contributed by atoms with E-state index in [0.717, 1.165) is 22.6 Å². The van der Waals surface area contributed by atoms with Crippen LogP contribution in [0.1, 0.15) is 5.56 Å². The van der Waals surface area contributed by atoms with Crippen molar-refractivity contribution in [3.63, 3.8) is 0 Å². The molecule has 0 spiro atoms. The van der Waals surface area contributed by atoms with Crippen LogP contribution in [0.15, 0.2) is 89.4 Å². The molecule has 0 aliphatic heterocycles. The molecule has 0 fully saturated rings.